The van der Waals surface area contributed by atoms with Crippen LogP contribution in [-0.2, 0) is 6.42 Å². The fourth-order valence-corrected chi connectivity index (χ4v) is 1.59. The topological polar surface area (TPSA) is 38.0 Å². The van der Waals surface area contributed by atoms with Gasteiger partial charge in [0.2, 0.25) is 0 Å². The number of benzene rings is 1. The number of nitrogens with one attached hydrogen (secondary N) is 1. The monoisotopic (exact) mass is 232 g/mol. The van der Waals surface area contributed by atoms with Crippen molar-refractivity contribution in [1.29, 1.82) is 0 Å². The zero-order valence-corrected chi connectivity index (χ0v) is 9.01. The second kappa shape index (κ2) is 5.32. The van der Waals surface area contributed by atoms with E-state index in [0.29, 0.717) is 0 Å². The standard InChI is InChI=1S/C11H15F3N2/c1-8-3-2-4-9(5-8)6-10(16-15)7-11(12,13)14/h2-5,10,16H,6-7,15H2,1H3. The van der Waals surface area contributed by atoms with Crippen molar-refractivity contribution in [2.45, 2.75) is 32.0 Å². The molecular weight excluding hydrogens is 217 g/mol. The maximum absolute atomic E-state index is 12.2. The van der Waals surface area contributed by atoms with Crippen molar-refractivity contribution in [2.24, 2.45) is 5.84 Å². The molecule has 0 bridgehead atoms. The molecule has 1 aromatic carbocycles. The van der Waals surface area contributed by atoms with Crippen LogP contribution in [0.25, 0.3) is 0 Å². The zero-order valence-electron chi connectivity index (χ0n) is 9.01. The van der Waals surface area contributed by atoms with Crippen LogP contribution in [0.4, 0.5) is 13.2 Å². The van der Waals surface area contributed by atoms with Gasteiger partial charge in [0.1, 0.15) is 0 Å². The Kier molecular flexibility index (Phi) is 4.32. The number of nitrogens with two attached hydrogens (primary N) is 1. The van der Waals surface area contributed by atoms with Gasteiger partial charge in [0.15, 0.2) is 0 Å². The van der Waals surface area contributed by atoms with Crippen LogP contribution in [0.2, 0.25) is 0 Å². The summed E-state index contributed by atoms with van der Waals surface area (Å²) in [4.78, 5) is 0. The van der Waals surface area contributed by atoms with Gasteiger partial charge < -0.3 is 0 Å². The Labute approximate surface area is 92.6 Å². The van der Waals surface area contributed by atoms with Crippen LogP contribution in [0.5, 0.6) is 0 Å². The van der Waals surface area contributed by atoms with E-state index in [2.05, 4.69) is 5.43 Å². The Hall–Kier alpha value is -1.07. The van der Waals surface area contributed by atoms with Crippen molar-refractivity contribution < 1.29 is 13.2 Å². The molecule has 0 aliphatic carbocycles. The molecule has 16 heavy (non-hydrogen) atoms. The van der Waals surface area contributed by atoms with Crippen LogP contribution >= 0.6 is 0 Å². The van der Waals surface area contributed by atoms with Gasteiger partial charge in [-0.3, -0.25) is 11.3 Å². The first kappa shape index (κ1) is 13.0. The molecule has 0 heterocycles. The lowest BCUT2D eigenvalue weighted by molar-refractivity contribution is -0.140. The average molecular weight is 232 g/mol. The Morgan fingerprint density at radius 3 is 2.56 bits per heavy atom. The summed E-state index contributed by atoms with van der Waals surface area (Å²) in [6.07, 6.45) is -4.84. The molecule has 1 unspecified atom stereocenters. The Morgan fingerprint density at radius 2 is 2.06 bits per heavy atom. The SMILES string of the molecule is Cc1cccc(CC(CC(F)(F)F)NN)c1. The van der Waals surface area contributed by atoms with E-state index >= 15 is 0 Å². The maximum Gasteiger partial charge on any atom is 0.390 e. The van der Waals surface area contributed by atoms with Crippen LogP contribution in [0, 0.1) is 6.92 Å². The molecule has 0 saturated carbocycles. The quantitative estimate of drug-likeness (QED) is 0.617. The predicted molar refractivity (Wildman–Crippen MR) is 56.7 cm³/mol. The molecule has 90 valence electrons. The number of alkyl halides is 3. The third-order valence-electron chi connectivity index (χ3n) is 2.28. The second-order valence-electron chi connectivity index (χ2n) is 3.88. The smallest absolute Gasteiger partial charge is 0.271 e. The zero-order chi connectivity index (χ0) is 12.2. The van der Waals surface area contributed by atoms with E-state index in [0.717, 1.165) is 11.1 Å². The van der Waals surface area contributed by atoms with Gasteiger partial charge in [-0.2, -0.15) is 13.2 Å². The maximum atomic E-state index is 12.2. The molecule has 0 aliphatic rings. The Morgan fingerprint density at radius 1 is 1.38 bits per heavy atom. The van der Waals surface area contributed by atoms with Crippen molar-refractivity contribution in [3.63, 3.8) is 0 Å². The Bertz CT molecular complexity index is 336. The number of aryl methyl sites for hydroxylation is 1. The molecule has 1 rings (SSSR count). The predicted octanol–water partition coefficient (Wildman–Crippen LogP) is 2.32. The summed E-state index contributed by atoms with van der Waals surface area (Å²) >= 11 is 0. The molecule has 1 atom stereocenters. The summed E-state index contributed by atoms with van der Waals surface area (Å²) in [6.45, 7) is 1.90. The highest BCUT2D eigenvalue weighted by Crippen LogP contribution is 2.23. The van der Waals surface area contributed by atoms with Crippen molar-refractivity contribution in [2.75, 3.05) is 0 Å². The lowest BCUT2D eigenvalue weighted by atomic mass is 10.0. The highest BCUT2D eigenvalue weighted by Gasteiger charge is 2.31. The molecule has 5 heteroatoms. The lowest BCUT2D eigenvalue weighted by Gasteiger charge is -2.17. The molecule has 0 aliphatic heterocycles. The van der Waals surface area contributed by atoms with Crippen molar-refractivity contribution >= 4 is 0 Å². The van der Waals surface area contributed by atoms with Gasteiger partial charge in [-0.05, 0) is 18.9 Å². The van der Waals surface area contributed by atoms with E-state index in [1.807, 2.05) is 25.1 Å². The first-order chi connectivity index (χ1) is 7.40. The van der Waals surface area contributed by atoms with E-state index in [4.69, 9.17) is 5.84 Å². The van der Waals surface area contributed by atoms with Gasteiger partial charge in [0.25, 0.3) is 0 Å². The molecule has 0 fully saturated rings. The fourth-order valence-electron chi connectivity index (χ4n) is 1.59. The molecule has 1 aromatic rings. The number of hydrogen-bond donors (Lipinski definition) is 2. The summed E-state index contributed by atoms with van der Waals surface area (Å²) in [7, 11) is 0. The normalized spacial score (nSPS) is 13.8. The largest absolute Gasteiger partial charge is 0.390 e. The summed E-state index contributed by atoms with van der Waals surface area (Å²) in [5, 5.41) is 0. The molecule has 3 N–H and O–H groups in total. The molecular formula is C11H15F3N2. The minimum atomic E-state index is -4.19. The molecule has 0 spiro atoms. The number of hydrogen-bond acceptors (Lipinski definition) is 2. The number of hydrazine groups is 1. The number of rotatable bonds is 4. The minimum absolute atomic E-state index is 0.275. The highest BCUT2D eigenvalue weighted by atomic mass is 19.4. The van der Waals surface area contributed by atoms with Gasteiger partial charge in [-0.15, -0.1) is 0 Å². The van der Waals surface area contributed by atoms with Gasteiger partial charge >= 0.3 is 6.18 Å². The van der Waals surface area contributed by atoms with Crippen LogP contribution in [0.3, 0.4) is 0 Å². The Balaban J connectivity index is 2.63. The molecule has 0 saturated heterocycles. The van der Waals surface area contributed by atoms with Crippen LogP contribution in [0.15, 0.2) is 24.3 Å². The highest BCUT2D eigenvalue weighted by molar-refractivity contribution is 5.22. The summed E-state index contributed by atoms with van der Waals surface area (Å²) in [6, 6.07) is 6.61. The van der Waals surface area contributed by atoms with Crippen LogP contribution in [-0.4, -0.2) is 12.2 Å². The average Bonchev–Trinajstić information content (AvgIpc) is 2.14. The van der Waals surface area contributed by atoms with Gasteiger partial charge in [-0.25, -0.2) is 0 Å². The third-order valence-corrected chi connectivity index (χ3v) is 2.28. The lowest BCUT2D eigenvalue weighted by Crippen LogP contribution is -2.40. The van der Waals surface area contributed by atoms with Gasteiger partial charge in [0, 0.05) is 6.04 Å². The molecule has 0 radical (unpaired) electrons. The van der Waals surface area contributed by atoms with E-state index in [9.17, 15) is 13.2 Å². The van der Waals surface area contributed by atoms with Gasteiger partial charge in [-0.1, -0.05) is 29.8 Å². The third kappa shape index (κ3) is 4.63. The van der Waals surface area contributed by atoms with Crippen LogP contribution in [0.1, 0.15) is 17.5 Å². The van der Waals surface area contributed by atoms with E-state index in [-0.39, 0.29) is 6.42 Å². The fraction of sp³-hybridized carbons (Fsp3) is 0.455. The molecule has 2 nitrogen and oxygen atoms in total. The molecule has 0 amide bonds. The summed E-state index contributed by atoms with van der Waals surface area (Å²) < 4.78 is 36.5. The minimum Gasteiger partial charge on any atom is -0.271 e. The van der Waals surface area contributed by atoms with Gasteiger partial charge in [0.05, 0.1) is 6.42 Å². The van der Waals surface area contributed by atoms with E-state index in [1.54, 1.807) is 6.07 Å². The first-order valence-corrected chi connectivity index (χ1v) is 4.99. The number of halogens is 3. The summed E-state index contributed by atoms with van der Waals surface area (Å²) in [5.74, 6) is 5.12. The van der Waals surface area contributed by atoms with Crippen LogP contribution < -0.4 is 11.3 Å². The van der Waals surface area contributed by atoms with Crippen molar-refractivity contribution in [1.82, 2.24) is 5.43 Å². The summed E-state index contributed by atoms with van der Waals surface area (Å²) in [5.41, 5.74) is 4.09. The second-order valence-corrected chi connectivity index (χ2v) is 3.88. The van der Waals surface area contributed by atoms with E-state index < -0.39 is 18.6 Å². The molecule has 0 aromatic heterocycles. The first-order valence-electron chi connectivity index (χ1n) is 4.99. The van der Waals surface area contributed by atoms with E-state index in [1.165, 1.54) is 0 Å². The van der Waals surface area contributed by atoms with Crippen molar-refractivity contribution in [3.05, 3.63) is 35.4 Å². The van der Waals surface area contributed by atoms with Crippen molar-refractivity contribution in [3.8, 4) is 0 Å².